The molecule has 50 heavy (non-hydrogen) atoms. The van der Waals surface area contributed by atoms with Crippen LogP contribution in [0.3, 0.4) is 0 Å². The van der Waals surface area contributed by atoms with Crippen LogP contribution in [0.1, 0.15) is 59.2 Å². The monoisotopic (exact) mass is 717 g/mol. The number of carbonyl (C=O) groups excluding carboxylic acids is 2. The lowest BCUT2D eigenvalue weighted by atomic mass is 9.91. The Morgan fingerprint density at radius 3 is 1.74 bits per heavy atom. The minimum absolute atomic E-state index is 0.00477. The Hall–Kier alpha value is -4.85. The van der Waals surface area contributed by atoms with Gasteiger partial charge < -0.3 is 10.6 Å². The third-order valence-corrected chi connectivity index (χ3v) is 9.73. The van der Waals surface area contributed by atoms with Crippen LogP contribution < -0.4 is 15.4 Å². The van der Waals surface area contributed by atoms with Crippen molar-refractivity contribution in [2.75, 3.05) is 6.54 Å². The molecule has 3 N–H and O–H groups in total. The number of alkyl halides is 6. The van der Waals surface area contributed by atoms with E-state index in [1.807, 2.05) is 4.72 Å². The molecule has 1 saturated carbocycles. The number of benzene rings is 4. The molecule has 3 amide bonds. The molecule has 0 spiro atoms. The Morgan fingerprint density at radius 2 is 1.22 bits per heavy atom. The molecule has 0 radical (unpaired) electrons. The van der Waals surface area contributed by atoms with Crippen molar-refractivity contribution in [2.24, 2.45) is 0 Å². The molecule has 14 heteroatoms. The molecular formula is C36H33F6N3O4S. The van der Waals surface area contributed by atoms with E-state index in [1.165, 1.54) is 78.9 Å². The average Bonchev–Trinajstić information content (AvgIpc) is 3.07. The number of sulfonamides is 1. The van der Waals surface area contributed by atoms with E-state index in [2.05, 4.69) is 10.6 Å². The first-order chi connectivity index (χ1) is 23.6. The van der Waals surface area contributed by atoms with Gasteiger partial charge >= 0.3 is 18.4 Å². The number of hydrogen-bond donors (Lipinski definition) is 3. The van der Waals surface area contributed by atoms with Gasteiger partial charge in [-0.05, 0) is 89.5 Å². The highest BCUT2D eigenvalue weighted by molar-refractivity contribution is 7.90. The van der Waals surface area contributed by atoms with E-state index in [9.17, 15) is 44.3 Å². The molecule has 0 saturated heterocycles. The zero-order chi connectivity index (χ0) is 36.1. The second-order valence-electron chi connectivity index (χ2n) is 11.9. The van der Waals surface area contributed by atoms with E-state index >= 15 is 0 Å². The zero-order valence-corrected chi connectivity index (χ0v) is 27.3. The van der Waals surface area contributed by atoms with Crippen molar-refractivity contribution in [2.45, 2.75) is 61.8 Å². The summed E-state index contributed by atoms with van der Waals surface area (Å²) >= 11 is 0. The first-order valence-corrected chi connectivity index (χ1v) is 17.3. The molecule has 1 aliphatic carbocycles. The fourth-order valence-corrected chi connectivity index (χ4v) is 6.85. The number of halogens is 6. The summed E-state index contributed by atoms with van der Waals surface area (Å²) in [6.07, 6.45) is -4.78. The maximum atomic E-state index is 13.9. The van der Waals surface area contributed by atoms with E-state index < -0.39 is 45.4 Å². The van der Waals surface area contributed by atoms with Crippen LogP contribution in [0.25, 0.3) is 22.3 Å². The molecule has 7 nitrogen and oxygen atoms in total. The highest BCUT2D eigenvalue weighted by Crippen LogP contribution is 2.41. The Morgan fingerprint density at radius 1 is 0.700 bits per heavy atom. The van der Waals surface area contributed by atoms with Crippen molar-refractivity contribution >= 4 is 22.0 Å². The van der Waals surface area contributed by atoms with E-state index in [0.29, 0.717) is 5.56 Å². The van der Waals surface area contributed by atoms with Gasteiger partial charge in [0.05, 0.1) is 16.0 Å². The molecule has 0 unspecified atom stereocenters. The van der Waals surface area contributed by atoms with Crippen molar-refractivity contribution in [3.05, 3.63) is 113 Å². The minimum atomic E-state index is -4.77. The molecule has 0 bridgehead atoms. The molecular weight excluding hydrogens is 684 g/mol. The average molecular weight is 718 g/mol. The maximum absolute atomic E-state index is 13.9. The summed E-state index contributed by atoms with van der Waals surface area (Å²) in [6, 6.07) is 17.5. The number of nitrogens with one attached hydrogen (secondary N) is 3. The SMILES string of the molecule is O=C(NC1CCCCC1)NS(=O)(=O)c1ccc(CCNC(=O)c2cc(-c3ccccc3C(F)(F)F)cc(-c3ccccc3C(F)(F)F)c2)cc1. The maximum Gasteiger partial charge on any atom is 0.417 e. The van der Waals surface area contributed by atoms with Gasteiger partial charge in [0.2, 0.25) is 0 Å². The Balaban J connectivity index is 1.33. The fourth-order valence-electron chi connectivity index (χ4n) is 5.93. The lowest BCUT2D eigenvalue weighted by molar-refractivity contribution is -0.137. The van der Waals surface area contributed by atoms with Gasteiger partial charge in [0.15, 0.2) is 0 Å². The number of hydrogen-bond acceptors (Lipinski definition) is 4. The smallest absolute Gasteiger partial charge is 0.352 e. The molecule has 4 aromatic rings. The summed E-state index contributed by atoms with van der Waals surface area (Å²) in [6.45, 7) is 0.00477. The van der Waals surface area contributed by atoms with Crippen LogP contribution in [-0.2, 0) is 28.8 Å². The highest BCUT2D eigenvalue weighted by atomic mass is 32.2. The molecule has 1 aliphatic rings. The van der Waals surface area contributed by atoms with E-state index in [-0.39, 0.29) is 51.7 Å². The molecule has 0 aliphatic heterocycles. The van der Waals surface area contributed by atoms with Gasteiger partial charge in [0.1, 0.15) is 0 Å². The number of carbonyl (C=O) groups is 2. The zero-order valence-electron chi connectivity index (χ0n) is 26.5. The van der Waals surface area contributed by atoms with Crippen LogP contribution in [0.15, 0.2) is 95.9 Å². The van der Waals surface area contributed by atoms with E-state index in [0.717, 1.165) is 44.2 Å². The first-order valence-electron chi connectivity index (χ1n) is 15.8. The summed E-state index contributed by atoms with van der Waals surface area (Å²) in [5.41, 5.74) is -2.40. The normalized spacial score (nSPS) is 14.2. The van der Waals surface area contributed by atoms with Gasteiger partial charge in [-0.15, -0.1) is 0 Å². The Labute approximate surface area is 285 Å². The summed E-state index contributed by atoms with van der Waals surface area (Å²) < 4.78 is 111. The van der Waals surface area contributed by atoms with Crippen LogP contribution in [0.5, 0.6) is 0 Å². The molecule has 264 valence electrons. The Bertz CT molecular complexity index is 1880. The second kappa shape index (κ2) is 15.0. The molecule has 5 rings (SSSR count). The van der Waals surface area contributed by atoms with Gasteiger partial charge in [-0.1, -0.05) is 67.8 Å². The van der Waals surface area contributed by atoms with E-state index in [1.54, 1.807) is 0 Å². The summed E-state index contributed by atoms with van der Waals surface area (Å²) in [5.74, 6) is -0.741. The van der Waals surface area contributed by atoms with Gasteiger partial charge in [-0.2, -0.15) is 26.3 Å². The van der Waals surface area contributed by atoms with E-state index in [4.69, 9.17) is 0 Å². The first kappa shape index (κ1) is 36.4. The molecule has 0 heterocycles. The third-order valence-electron chi connectivity index (χ3n) is 8.38. The summed E-state index contributed by atoms with van der Waals surface area (Å²) in [5, 5.41) is 5.32. The fraction of sp³-hybridized carbons (Fsp3) is 0.278. The molecule has 0 aromatic heterocycles. The van der Waals surface area contributed by atoms with Crippen molar-refractivity contribution < 1.29 is 44.3 Å². The molecule has 0 atom stereocenters. The number of urea groups is 1. The highest BCUT2D eigenvalue weighted by Gasteiger charge is 2.35. The number of rotatable bonds is 9. The van der Waals surface area contributed by atoms with Crippen molar-refractivity contribution in [3.63, 3.8) is 0 Å². The lowest BCUT2D eigenvalue weighted by Crippen LogP contribution is -2.45. The van der Waals surface area contributed by atoms with Gasteiger partial charge in [-0.3, -0.25) is 4.79 Å². The third kappa shape index (κ3) is 9.03. The Kier molecular flexibility index (Phi) is 10.9. The second-order valence-corrected chi connectivity index (χ2v) is 13.6. The van der Waals surface area contributed by atoms with Crippen molar-refractivity contribution in [1.82, 2.24) is 15.4 Å². The number of amides is 3. The van der Waals surface area contributed by atoms with Crippen LogP contribution in [0, 0.1) is 0 Å². The van der Waals surface area contributed by atoms with Gasteiger partial charge in [0, 0.05) is 18.2 Å². The van der Waals surface area contributed by atoms with Crippen molar-refractivity contribution in [3.8, 4) is 22.3 Å². The van der Waals surface area contributed by atoms with Gasteiger partial charge in [0.25, 0.3) is 15.9 Å². The predicted molar refractivity (Wildman–Crippen MR) is 176 cm³/mol. The lowest BCUT2D eigenvalue weighted by Gasteiger charge is -2.22. The standard InChI is InChI=1S/C36H33F6N3O4S/c37-35(38,39)31-12-6-4-10-29(31)24-20-25(30-11-5-7-13-32(30)36(40,41)42)22-26(21-24)33(46)43-19-18-23-14-16-28(17-15-23)50(48,49)45-34(47)44-27-8-2-1-3-9-27/h4-7,10-17,20-22,27H,1-3,8-9,18-19H2,(H,43,46)(H2,44,45,47). The molecule has 4 aromatic carbocycles. The van der Waals surface area contributed by atoms with Crippen LogP contribution >= 0.6 is 0 Å². The molecule has 1 fully saturated rings. The topological polar surface area (TPSA) is 104 Å². The largest absolute Gasteiger partial charge is 0.417 e. The van der Waals surface area contributed by atoms with Crippen LogP contribution in [0.4, 0.5) is 31.1 Å². The minimum Gasteiger partial charge on any atom is -0.352 e. The summed E-state index contributed by atoms with van der Waals surface area (Å²) in [7, 11) is -4.15. The quantitative estimate of drug-likeness (QED) is 0.152. The van der Waals surface area contributed by atoms with Gasteiger partial charge in [-0.25, -0.2) is 17.9 Å². The van der Waals surface area contributed by atoms with Crippen LogP contribution in [0.2, 0.25) is 0 Å². The summed E-state index contributed by atoms with van der Waals surface area (Å²) in [4.78, 5) is 25.4. The van der Waals surface area contributed by atoms with Crippen molar-refractivity contribution in [1.29, 1.82) is 0 Å². The predicted octanol–water partition coefficient (Wildman–Crippen LogP) is 8.35. The van der Waals surface area contributed by atoms with Crippen LogP contribution in [-0.4, -0.2) is 32.9 Å².